The number of rotatable bonds is 6. The standard InChI is InChI=1S/C25H30N4O3/c1-3-29-22-14-11-18(15-21(22)27-24(31)25(29)32)23(30)26-16-17-9-12-20(13-10-17)28(2)19-7-5-4-6-8-19/h9-15,19H,3-8,16H2,1-2H3,(H,26,30)(H,27,31). The maximum Gasteiger partial charge on any atom is 0.316 e. The van der Waals surface area contributed by atoms with Crippen LogP contribution in [-0.4, -0.2) is 28.5 Å². The molecule has 1 aliphatic carbocycles. The Morgan fingerprint density at radius 1 is 1.09 bits per heavy atom. The van der Waals surface area contributed by atoms with Crippen LogP contribution in [0, 0.1) is 0 Å². The number of amides is 1. The molecule has 0 atom stereocenters. The first-order valence-electron chi connectivity index (χ1n) is 11.3. The third-order valence-electron chi connectivity index (χ3n) is 6.47. The number of H-pyrrole nitrogens is 1. The lowest BCUT2D eigenvalue weighted by molar-refractivity contribution is 0.0951. The van der Waals surface area contributed by atoms with Gasteiger partial charge in [-0.2, -0.15) is 0 Å². The molecule has 168 valence electrons. The Morgan fingerprint density at radius 3 is 2.50 bits per heavy atom. The molecule has 0 unspecified atom stereocenters. The third-order valence-corrected chi connectivity index (χ3v) is 6.47. The molecular formula is C25H30N4O3. The summed E-state index contributed by atoms with van der Waals surface area (Å²) in [6, 6.07) is 13.9. The number of benzene rings is 2. The van der Waals surface area contributed by atoms with Crippen LogP contribution in [0.25, 0.3) is 11.0 Å². The highest BCUT2D eigenvalue weighted by Gasteiger charge is 2.18. The first kappa shape index (κ1) is 21.9. The molecule has 7 nitrogen and oxygen atoms in total. The SMILES string of the molecule is CCn1c(=O)c(=O)[nH]c2cc(C(=O)NCc3ccc(N(C)C4CCCCC4)cc3)ccc21. The van der Waals surface area contributed by atoms with Gasteiger partial charge in [-0.05, 0) is 55.7 Å². The van der Waals surface area contributed by atoms with Crippen LogP contribution >= 0.6 is 0 Å². The number of carbonyl (C=O) groups is 1. The second-order valence-corrected chi connectivity index (χ2v) is 8.49. The quantitative estimate of drug-likeness (QED) is 0.582. The molecule has 7 heteroatoms. The molecule has 1 heterocycles. The van der Waals surface area contributed by atoms with Gasteiger partial charge in [0.2, 0.25) is 0 Å². The number of aromatic nitrogens is 2. The number of hydrogen-bond donors (Lipinski definition) is 2. The van der Waals surface area contributed by atoms with E-state index in [4.69, 9.17) is 0 Å². The highest BCUT2D eigenvalue weighted by molar-refractivity contribution is 5.97. The van der Waals surface area contributed by atoms with E-state index in [-0.39, 0.29) is 5.91 Å². The van der Waals surface area contributed by atoms with Gasteiger partial charge in [-0.3, -0.25) is 14.4 Å². The van der Waals surface area contributed by atoms with Gasteiger partial charge in [0.15, 0.2) is 0 Å². The van der Waals surface area contributed by atoms with Crippen molar-refractivity contribution in [2.75, 3.05) is 11.9 Å². The Balaban J connectivity index is 1.43. The van der Waals surface area contributed by atoms with Crippen LogP contribution in [-0.2, 0) is 13.1 Å². The van der Waals surface area contributed by atoms with Crippen LogP contribution in [0.15, 0.2) is 52.1 Å². The summed E-state index contributed by atoms with van der Waals surface area (Å²) in [5, 5.41) is 2.93. The first-order valence-corrected chi connectivity index (χ1v) is 11.3. The Morgan fingerprint density at radius 2 is 1.81 bits per heavy atom. The van der Waals surface area contributed by atoms with E-state index in [1.54, 1.807) is 25.1 Å². The largest absolute Gasteiger partial charge is 0.372 e. The van der Waals surface area contributed by atoms with E-state index in [2.05, 4.69) is 34.4 Å². The van der Waals surface area contributed by atoms with Crippen molar-refractivity contribution in [3.8, 4) is 0 Å². The second kappa shape index (κ2) is 9.42. The van der Waals surface area contributed by atoms with Crippen molar-refractivity contribution in [2.45, 2.75) is 58.2 Å². The Kier molecular flexibility index (Phi) is 6.44. The summed E-state index contributed by atoms with van der Waals surface area (Å²) < 4.78 is 1.40. The van der Waals surface area contributed by atoms with E-state index in [1.165, 1.54) is 42.4 Å². The molecule has 0 spiro atoms. The molecule has 2 aromatic carbocycles. The zero-order valence-electron chi connectivity index (χ0n) is 18.7. The number of aromatic amines is 1. The highest BCUT2D eigenvalue weighted by atomic mass is 16.2. The zero-order valence-corrected chi connectivity index (χ0v) is 18.7. The minimum Gasteiger partial charge on any atom is -0.372 e. The fourth-order valence-electron chi connectivity index (χ4n) is 4.55. The fourth-order valence-corrected chi connectivity index (χ4v) is 4.55. The minimum absolute atomic E-state index is 0.231. The Bertz CT molecular complexity index is 1220. The molecule has 0 bridgehead atoms. The van der Waals surface area contributed by atoms with Crippen molar-refractivity contribution < 1.29 is 4.79 Å². The van der Waals surface area contributed by atoms with Gasteiger partial charge >= 0.3 is 11.1 Å². The van der Waals surface area contributed by atoms with Crippen molar-refractivity contribution in [3.63, 3.8) is 0 Å². The predicted octanol–water partition coefficient (Wildman–Crippen LogP) is 3.41. The van der Waals surface area contributed by atoms with E-state index >= 15 is 0 Å². The van der Waals surface area contributed by atoms with Gasteiger partial charge in [0.25, 0.3) is 5.91 Å². The van der Waals surface area contributed by atoms with Gasteiger partial charge in [0.1, 0.15) is 0 Å². The van der Waals surface area contributed by atoms with E-state index in [0.717, 1.165) is 5.56 Å². The first-order chi connectivity index (χ1) is 15.5. The van der Waals surface area contributed by atoms with Crippen molar-refractivity contribution >= 4 is 22.6 Å². The number of carbonyl (C=O) groups excluding carboxylic acids is 1. The minimum atomic E-state index is -0.685. The van der Waals surface area contributed by atoms with E-state index in [0.29, 0.717) is 35.7 Å². The fraction of sp³-hybridized carbons (Fsp3) is 0.400. The number of nitrogens with one attached hydrogen (secondary N) is 2. The molecule has 0 radical (unpaired) electrons. The van der Waals surface area contributed by atoms with Gasteiger partial charge < -0.3 is 19.8 Å². The van der Waals surface area contributed by atoms with Gasteiger partial charge in [-0.25, -0.2) is 0 Å². The van der Waals surface area contributed by atoms with Crippen LogP contribution in [0.5, 0.6) is 0 Å². The number of fused-ring (bicyclic) bond motifs is 1. The smallest absolute Gasteiger partial charge is 0.316 e. The van der Waals surface area contributed by atoms with Crippen LogP contribution in [0.4, 0.5) is 5.69 Å². The van der Waals surface area contributed by atoms with Gasteiger partial charge in [0.05, 0.1) is 11.0 Å². The Labute approximate surface area is 187 Å². The highest BCUT2D eigenvalue weighted by Crippen LogP contribution is 2.26. The lowest BCUT2D eigenvalue weighted by Gasteiger charge is -2.33. The van der Waals surface area contributed by atoms with E-state index in [9.17, 15) is 14.4 Å². The monoisotopic (exact) mass is 434 g/mol. The molecule has 1 amide bonds. The molecule has 32 heavy (non-hydrogen) atoms. The van der Waals surface area contributed by atoms with Crippen LogP contribution < -0.4 is 21.3 Å². The number of hydrogen-bond acceptors (Lipinski definition) is 4. The normalized spacial score (nSPS) is 14.4. The van der Waals surface area contributed by atoms with Gasteiger partial charge in [-0.15, -0.1) is 0 Å². The summed E-state index contributed by atoms with van der Waals surface area (Å²) in [5.74, 6) is -0.231. The topological polar surface area (TPSA) is 87.2 Å². The molecule has 3 aromatic rings. The summed E-state index contributed by atoms with van der Waals surface area (Å²) in [6.45, 7) is 2.60. The molecule has 1 aliphatic rings. The number of anilines is 1. The molecule has 1 saturated carbocycles. The summed E-state index contributed by atoms with van der Waals surface area (Å²) in [4.78, 5) is 41.5. The van der Waals surface area contributed by atoms with E-state index in [1.807, 2.05) is 12.1 Å². The van der Waals surface area contributed by atoms with Crippen LogP contribution in [0.2, 0.25) is 0 Å². The molecule has 2 N–H and O–H groups in total. The summed E-state index contributed by atoms with van der Waals surface area (Å²) >= 11 is 0. The van der Waals surface area contributed by atoms with Gasteiger partial charge in [0, 0.05) is 37.4 Å². The van der Waals surface area contributed by atoms with Crippen molar-refractivity contribution in [1.82, 2.24) is 14.9 Å². The summed E-state index contributed by atoms with van der Waals surface area (Å²) in [5.41, 5.74) is 2.46. The van der Waals surface area contributed by atoms with E-state index < -0.39 is 11.1 Å². The Hall–Kier alpha value is -3.35. The second-order valence-electron chi connectivity index (χ2n) is 8.49. The molecule has 4 rings (SSSR count). The summed E-state index contributed by atoms with van der Waals surface area (Å²) in [6.07, 6.45) is 6.45. The number of aryl methyl sites for hydroxylation is 1. The maximum absolute atomic E-state index is 12.7. The van der Waals surface area contributed by atoms with Crippen LogP contribution in [0.3, 0.4) is 0 Å². The maximum atomic E-state index is 12.7. The lowest BCUT2D eigenvalue weighted by atomic mass is 9.94. The molecule has 0 saturated heterocycles. The lowest BCUT2D eigenvalue weighted by Crippen LogP contribution is -2.36. The molecule has 1 fully saturated rings. The average molecular weight is 435 g/mol. The van der Waals surface area contributed by atoms with Crippen LogP contribution in [0.1, 0.15) is 54.9 Å². The van der Waals surface area contributed by atoms with Crippen molar-refractivity contribution in [2.24, 2.45) is 0 Å². The van der Waals surface area contributed by atoms with Crippen molar-refractivity contribution in [1.29, 1.82) is 0 Å². The average Bonchev–Trinajstić information content (AvgIpc) is 2.83. The molecular weight excluding hydrogens is 404 g/mol. The van der Waals surface area contributed by atoms with Gasteiger partial charge in [-0.1, -0.05) is 31.4 Å². The predicted molar refractivity (Wildman–Crippen MR) is 127 cm³/mol. The zero-order chi connectivity index (χ0) is 22.7. The third kappa shape index (κ3) is 4.47. The van der Waals surface area contributed by atoms with Crippen molar-refractivity contribution in [3.05, 3.63) is 74.3 Å². The molecule has 0 aliphatic heterocycles. The number of nitrogens with zero attached hydrogens (tertiary/aromatic N) is 2. The molecule has 1 aromatic heterocycles. The summed E-state index contributed by atoms with van der Waals surface area (Å²) in [7, 11) is 2.16.